The van der Waals surface area contributed by atoms with Crippen molar-refractivity contribution in [3.05, 3.63) is 65.9 Å². The average Bonchev–Trinajstić information content (AvgIpc) is 4.14. The summed E-state index contributed by atoms with van der Waals surface area (Å²) < 4.78 is 22.3. The van der Waals surface area contributed by atoms with Gasteiger partial charge in [0.15, 0.2) is 0 Å². The van der Waals surface area contributed by atoms with Gasteiger partial charge in [-0.2, -0.15) is 0 Å². The quantitative estimate of drug-likeness (QED) is 0.106. The molecule has 3 aromatic carbocycles. The van der Waals surface area contributed by atoms with Gasteiger partial charge in [-0.1, -0.05) is 38.5 Å². The number of hydrogen-bond acceptors (Lipinski definition) is 10. The molecule has 0 saturated carbocycles. The SMILES string of the molecule is CCC(C)C(NC(=O)OC)C(=O)N1C(C)CCC1c1nc2c(ccc3cc4c(cc32)OCc2cc(-c3cnc(C5CCC(C)N5C(=O)C(NC(=O)OC)C5CC(C)OC(C)C5)[nH]3)ccc2-4)[nH]1. The van der Waals surface area contributed by atoms with Crippen molar-refractivity contribution in [2.75, 3.05) is 14.2 Å². The van der Waals surface area contributed by atoms with Gasteiger partial charge >= 0.3 is 12.2 Å². The lowest BCUT2D eigenvalue weighted by atomic mass is 9.85. The lowest BCUT2D eigenvalue weighted by Crippen LogP contribution is -2.55. The minimum Gasteiger partial charge on any atom is -0.488 e. The van der Waals surface area contributed by atoms with Gasteiger partial charge in [-0.3, -0.25) is 9.59 Å². The third-order valence-corrected chi connectivity index (χ3v) is 14.6. The number of carbonyl (C=O) groups is 4. The van der Waals surface area contributed by atoms with E-state index >= 15 is 0 Å². The molecule has 0 spiro atoms. The molecule has 3 saturated heterocycles. The lowest BCUT2D eigenvalue weighted by molar-refractivity contribution is -0.140. The number of ether oxygens (including phenoxy) is 4. The summed E-state index contributed by atoms with van der Waals surface area (Å²) in [4.78, 5) is 74.4. The van der Waals surface area contributed by atoms with E-state index in [0.717, 1.165) is 87.0 Å². The third kappa shape index (κ3) is 8.32. The molecule has 4 aliphatic rings. The Morgan fingerprint density at radius 2 is 1.50 bits per heavy atom. The molecular formula is C50H62N8O8. The van der Waals surface area contributed by atoms with E-state index in [4.69, 9.17) is 28.9 Å². The Bertz CT molecular complexity index is 2650. The van der Waals surface area contributed by atoms with Crippen LogP contribution in [0.15, 0.2) is 48.7 Å². The number of methoxy groups -OCH3 is 2. The Morgan fingerprint density at radius 1 is 0.818 bits per heavy atom. The van der Waals surface area contributed by atoms with Gasteiger partial charge in [-0.05, 0) is 124 Å². The molecule has 66 heavy (non-hydrogen) atoms. The first-order valence-electron chi connectivity index (χ1n) is 23.5. The Kier molecular flexibility index (Phi) is 12.5. The fourth-order valence-corrected chi connectivity index (χ4v) is 11.0. The number of nitrogens with zero attached hydrogens (tertiary/aromatic N) is 4. The molecule has 4 amide bonds. The molecule has 9 atom stereocenters. The summed E-state index contributed by atoms with van der Waals surface area (Å²) in [5, 5.41) is 7.64. The second-order valence-electron chi connectivity index (χ2n) is 19.0. The van der Waals surface area contributed by atoms with Gasteiger partial charge in [0.2, 0.25) is 11.8 Å². The van der Waals surface area contributed by atoms with Crippen molar-refractivity contribution in [2.45, 2.75) is 142 Å². The highest BCUT2D eigenvalue weighted by molar-refractivity contribution is 6.07. The van der Waals surface area contributed by atoms with E-state index in [1.807, 2.05) is 56.7 Å². The number of fused-ring (bicyclic) bond motifs is 6. The van der Waals surface area contributed by atoms with Crippen LogP contribution >= 0.6 is 0 Å². The summed E-state index contributed by atoms with van der Waals surface area (Å²) in [6, 6.07) is 12.6. The number of carbonyl (C=O) groups excluding carboxylic acids is 4. The van der Waals surface area contributed by atoms with Crippen LogP contribution in [0.3, 0.4) is 0 Å². The number of nitrogens with one attached hydrogen (secondary N) is 4. The average molecular weight is 903 g/mol. The monoisotopic (exact) mass is 902 g/mol. The van der Waals surface area contributed by atoms with E-state index in [9.17, 15) is 19.2 Å². The van der Waals surface area contributed by atoms with Crippen LogP contribution in [0.2, 0.25) is 0 Å². The zero-order chi connectivity index (χ0) is 46.6. The van der Waals surface area contributed by atoms with Crippen LogP contribution < -0.4 is 15.4 Å². The first-order valence-corrected chi connectivity index (χ1v) is 23.5. The Labute approximate surface area is 384 Å². The standard InChI is InChI=1S/C50H62N8O8/c1-9-25(2)42(55-49(61)63-7)47(59)58-27(4)11-17-40(58)46-52-37-15-13-30-21-36-34-14-12-31(20-33(34)24-65-41(36)22-35(30)44(37)54-46)38-23-51-45(53-38)39-16-10-26(3)57(39)48(60)43(56-50(62)64-8)32-18-28(5)66-29(6)19-32/h12-15,20-23,25-29,32,39-40,42-43H,9-11,16-19,24H2,1-8H3,(H,51,53)(H,52,54)(H,55,61)(H,56,62). The number of aromatic amines is 2. The van der Waals surface area contributed by atoms with Crippen molar-refractivity contribution >= 4 is 45.8 Å². The summed E-state index contributed by atoms with van der Waals surface area (Å²) in [5.74, 6) is 1.74. The van der Waals surface area contributed by atoms with E-state index < -0.39 is 24.3 Å². The Morgan fingerprint density at radius 3 is 2.20 bits per heavy atom. The second-order valence-corrected chi connectivity index (χ2v) is 19.0. The van der Waals surface area contributed by atoms with E-state index in [2.05, 4.69) is 63.9 Å². The van der Waals surface area contributed by atoms with Crippen molar-refractivity contribution < 1.29 is 38.1 Å². The zero-order valence-corrected chi connectivity index (χ0v) is 39.1. The van der Waals surface area contributed by atoms with Crippen molar-refractivity contribution in [1.82, 2.24) is 40.4 Å². The van der Waals surface area contributed by atoms with Crippen LogP contribution in [0.5, 0.6) is 5.75 Å². The molecule has 350 valence electrons. The maximum atomic E-state index is 14.5. The minimum atomic E-state index is -0.747. The predicted molar refractivity (Wildman–Crippen MR) is 248 cm³/mol. The molecule has 2 aromatic heterocycles. The summed E-state index contributed by atoms with van der Waals surface area (Å²) in [6.45, 7) is 12.5. The highest BCUT2D eigenvalue weighted by Crippen LogP contribution is 2.44. The lowest BCUT2D eigenvalue weighted by Gasteiger charge is -2.39. The summed E-state index contributed by atoms with van der Waals surface area (Å²) in [5.41, 5.74) is 6.58. The van der Waals surface area contributed by atoms with E-state index in [-0.39, 0.29) is 60.0 Å². The maximum Gasteiger partial charge on any atom is 0.407 e. The number of H-pyrrole nitrogens is 2. The Hall–Kier alpha value is -6.16. The van der Waals surface area contributed by atoms with Gasteiger partial charge in [-0.15, -0.1) is 0 Å². The molecule has 0 radical (unpaired) electrons. The van der Waals surface area contributed by atoms with E-state index in [1.165, 1.54) is 14.2 Å². The van der Waals surface area contributed by atoms with Crippen LogP contribution in [-0.2, 0) is 30.4 Å². The normalized spacial score (nSPS) is 25.1. The van der Waals surface area contributed by atoms with E-state index in [1.54, 1.807) is 0 Å². The van der Waals surface area contributed by atoms with Gasteiger partial charge < -0.3 is 49.3 Å². The number of aromatic nitrogens is 4. The molecule has 4 N–H and O–H groups in total. The van der Waals surface area contributed by atoms with Gasteiger partial charge in [0.25, 0.3) is 0 Å². The number of likely N-dealkylation sites (tertiary alicyclic amines) is 2. The predicted octanol–water partition coefficient (Wildman–Crippen LogP) is 8.47. The van der Waals surface area contributed by atoms with Gasteiger partial charge in [0, 0.05) is 23.0 Å². The fraction of sp³-hybridized carbons (Fsp3) is 0.520. The largest absolute Gasteiger partial charge is 0.488 e. The molecule has 16 nitrogen and oxygen atoms in total. The number of alkyl carbamates (subject to hydrolysis) is 2. The summed E-state index contributed by atoms with van der Waals surface area (Å²) in [7, 11) is 2.62. The van der Waals surface area contributed by atoms with Crippen molar-refractivity contribution in [3.8, 4) is 28.1 Å². The van der Waals surface area contributed by atoms with Crippen molar-refractivity contribution in [2.24, 2.45) is 11.8 Å². The maximum absolute atomic E-state index is 14.5. The van der Waals surface area contributed by atoms with Gasteiger partial charge in [-0.25, -0.2) is 19.6 Å². The van der Waals surface area contributed by atoms with Crippen molar-refractivity contribution in [1.29, 1.82) is 0 Å². The topological polar surface area (TPSA) is 193 Å². The number of imidazole rings is 2. The van der Waals surface area contributed by atoms with Crippen LogP contribution in [0.25, 0.3) is 44.2 Å². The van der Waals surface area contributed by atoms with Crippen LogP contribution in [-0.4, -0.2) is 104 Å². The fourth-order valence-electron chi connectivity index (χ4n) is 11.0. The highest BCUT2D eigenvalue weighted by Gasteiger charge is 2.45. The van der Waals surface area contributed by atoms with Gasteiger partial charge in [0.1, 0.15) is 36.1 Å². The minimum absolute atomic E-state index is 0.0289. The van der Waals surface area contributed by atoms with E-state index in [0.29, 0.717) is 31.7 Å². The smallest absolute Gasteiger partial charge is 0.407 e. The number of rotatable bonds is 10. The highest BCUT2D eigenvalue weighted by atomic mass is 16.5. The molecule has 16 heteroatoms. The number of benzene rings is 3. The first-order chi connectivity index (χ1) is 31.8. The van der Waals surface area contributed by atoms with Crippen LogP contribution in [0, 0.1) is 11.8 Å². The molecule has 3 fully saturated rings. The molecule has 9 rings (SSSR count). The molecule has 0 aliphatic carbocycles. The number of amides is 4. The molecule has 6 heterocycles. The molecule has 5 aromatic rings. The van der Waals surface area contributed by atoms with Gasteiger partial charge in [0.05, 0.1) is 61.4 Å². The molecular weight excluding hydrogens is 841 g/mol. The third-order valence-electron chi connectivity index (χ3n) is 14.6. The Balaban J connectivity index is 0.958. The first kappa shape index (κ1) is 45.0. The zero-order valence-electron chi connectivity index (χ0n) is 39.1. The molecule has 9 unspecified atom stereocenters. The summed E-state index contributed by atoms with van der Waals surface area (Å²) >= 11 is 0. The van der Waals surface area contributed by atoms with Crippen molar-refractivity contribution in [3.63, 3.8) is 0 Å². The van der Waals surface area contributed by atoms with Crippen LogP contribution in [0.1, 0.15) is 116 Å². The molecule has 4 aliphatic heterocycles. The summed E-state index contributed by atoms with van der Waals surface area (Å²) in [6.07, 6.45) is 5.66. The van der Waals surface area contributed by atoms with Crippen LogP contribution in [0.4, 0.5) is 9.59 Å². The number of hydrogen-bond donors (Lipinski definition) is 4. The molecule has 0 bridgehead atoms. The second kappa shape index (κ2) is 18.3.